The molecule has 1 fully saturated rings. The van der Waals surface area contributed by atoms with Crippen molar-refractivity contribution in [3.8, 4) is 0 Å². The highest BCUT2D eigenvalue weighted by Gasteiger charge is 2.19. The molecule has 0 saturated carbocycles. The van der Waals surface area contributed by atoms with Crippen LogP contribution >= 0.6 is 0 Å². The lowest BCUT2D eigenvalue weighted by Gasteiger charge is -2.22. The summed E-state index contributed by atoms with van der Waals surface area (Å²) >= 11 is 0. The molecule has 1 unspecified atom stereocenters. The van der Waals surface area contributed by atoms with Gasteiger partial charge in [0.1, 0.15) is 0 Å². The van der Waals surface area contributed by atoms with Crippen molar-refractivity contribution >= 4 is 11.0 Å². The van der Waals surface area contributed by atoms with Gasteiger partial charge in [0.05, 0.1) is 35.6 Å². The Balaban J connectivity index is 1.81. The van der Waals surface area contributed by atoms with E-state index in [1.165, 1.54) is 0 Å². The molecule has 1 saturated heterocycles. The summed E-state index contributed by atoms with van der Waals surface area (Å²) in [7, 11) is 0. The second-order valence-electron chi connectivity index (χ2n) is 5.60. The number of aliphatic hydroxyl groups excluding tert-OH is 1. The molecule has 5 heteroatoms. The van der Waals surface area contributed by atoms with E-state index >= 15 is 0 Å². The van der Waals surface area contributed by atoms with Crippen LogP contribution in [0.2, 0.25) is 0 Å². The molecule has 0 amide bonds. The fraction of sp³-hybridized carbons (Fsp3) is 0.500. The van der Waals surface area contributed by atoms with E-state index in [9.17, 15) is 5.11 Å². The van der Waals surface area contributed by atoms with Crippen LogP contribution in [0.4, 0.5) is 0 Å². The Labute approximate surface area is 124 Å². The summed E-state index contributed by atoms with van der Waals surface area (Å²) in [6.45, 7) is 5.97. The van der Waals surface area contributed by atoms with Crippen molar-refractivity contribution in [2.45, 2.75) is 13.5 Å². The number of fused-ring (bicyclic) bond motifs is 1. The van der Waals surface area contributed by atoms with E-state index in [1.54, 1.807) is 0 Å². The number of benzene rings is 1. The molecule has 2 aromatic rings. The maximum atomic E-state index is 9.36. The van der Waals surface area contributed by atoms with Gasteiger partial charge in [-0.25, -0.2) is 9.97 Å². The first-order valence-corrected chi connectivity index (χ1v) is 7.39. The van der Waals surface area contributed by atoms with Crippen molar-refractivity contribution in [3.63, 3.8) is 0 Å². The van der Waals surface area contributed by atoms with E-state index in [4.69, 9.17) is 9.72 Å². The van der Waals surface area contributed by atoms with Gasteiger partial charge >= 0.3 is 0 Å². The van der Waals surface area contributed by atoms with Crippen molar-refractivity contribution < 1.29 is 9.84 Å². The maximum Gasteiger partial charge on any atom is 0.0890 e. The van der Waals surface area contributed by atoms with E-state index < -0.39 is 0 Å². The number of aromatic nitrogens is 2. The van der Waals surface area contributed by atoms with Gasteiger partial charge in [-0.05, 0) is 19.1 Å². The minimum Gasteiger partial charge on any atom is -0.396 e. The largest absolute Gasteiger partial charge is 0.396 e. The van der Waals surface area contributed by atoms with Gasteiger partial charge in [0.15, 0.2) is 0 Å². The molecule has 1 aromatic heterocycles. The van der Waals surface area contributed by atoms with Gasteiger partial charge in [0, 0.05) is 32.2 Å². The molecule has 3 rings (SSSR count). The van der Waals surface area contributed by atoms with Crippen LogP contribution in [0.5, 0.6) is 0 Å². The van der Waals surface area contributed by atoms with Gasteiger partial charge in [-0.2, -0.15) is 0 Å². The molecule has 21 heavy (non-hydrogen) atoms. The Hall–Kier alpha value is -1.56. The monoisotopic (exact) mass is 287 g/mol. The predicted molar refractivity (Wildman–Crippen MR) is 80.9 cm³/mol. The zero-order chi connectivity index (χ0) is 14.7. The Morgan fingerprint density at radius 3 is 2.81 bits per heavy atom. The summed E-state index contributed by atoms with van der Waals surface area (Å²) in [6.07, 6.45) is 0. The van der Waals surface area contributed by atoms with Gasteiger partial charge in [-0.1, -0.05) is 12.1 Å². The Morgan fingerprint density at radius 1 is 1.29 bits per heavy atom. The molecule has 1 aliphatic rings. The first-order valence-electron chi connectivity index (χ1n) is 7.39. The fourth-order valence-electron chi connectivity index (χ4n) is 2.69. The van der Waals surface area contributed by atoms with Crippen LogP contribution in [-0.4, -0.2) is 52.9 Å². The van der Waals surface area contributed by atoms with Crippen molar-refractivity contribution in [1.82, 2.24) is 14.9 Å². The lowest BCUT2D eigenvalue weighted by Crippen LogP contribution is -2.31. The van der Waals surface area contributed by atoms with Crippen LogP contribution < -0.4 is 0 Å². The quantitative estimate of drug-likeness (QED) is 0.924. The Bertz CT molecular complexity index is 617. The molecule has 1 aliphatic heterocycles. The maximum absolute atomic E-state index is 9.36. The van der Waals surface area contributed by atoms with E-state index in [1.807, 2.05) is 31.2 Å². The number of hydrogen-bond acceptors (Lipinski definition) is 5. The zero-order valence-corrected chi connectivity index (χ0v) is 12.3. The molecule has 0 bridgehead atoms. The highest BCUT2D eigenvalue weighted by Crippen LogP contribution is 2.15. The smallest absolute Gasteiger partial charge is 0.0890 e. The Morgan fingerprint density at radius 2 is 2.05 bits per heavy atom. The number of nitrogens with zero attached hydrogens (tertiary/aromatic N) is 3. The molecular formula is C16H21N3O2. The van der Waals surface area contributed by atoms with Crippen molar-refractivity contribution in [2.24, 2.45) is 5.92 Å². The molecule has 0 radical (unpaired) electrons. The number of hydrogen-bond donors (Lipinski definition) is 1. The van der Waals surface area contributed by atoms with Crippen molar-refractivity contribution in [2.75, 3.05) is 32.9 Å². The topological polar surface area (TPSA) is 58.5 Å². The van der Waals surface area contributed by atoms with Crippen LogP contribution in [0.15, 0.2) is 24.3 Å². The molecule has 1 N–H and O–H groups in total. The third-order valence-electron chi connectivity index (χ3n) is 3.90. The first-order chi connectivity index (χ1) is 10.3. The SMILES string of the molecule is Cc1nc2ccccc2nc1CN1CCOCC(CO)C1. The van der Waals surface area contributed by atoms with Gasteiger partial charge in [-0.15, -0.1) is 0 Å². The van der Waals surface area contributed by atoms with Crippen LogP contribution in [0.3, 0.4) is 0 Å². The summed E-state index contributed by atoms with van der Waals surface area (Å²) < 4.78 is 5.53. The standard InChI is InChI=1S/C16H21N3O2/c1-12-16(18-15-5-3-2-4-14(15)17-12)9-19-6-7-21-11-13(8-19)10-20/h2-5,13,20H,6-11H2,1H3. The lowest BCUT2D eigenvalue weighted by molar-refractivity contribution is 0.0958. The fourth-order valence-corrected chi connectivity index (χ4v) is 2.69. The molecule has 0 aliphatic carbocycles. The highest BCUT2D eigenvalue weighted by atomic mass is 16.5. The van der Waals surface area contributed by atoms with E-state index in [2.05, 4.69) is 9.88 Å². The molecular weight excluding hydrogens is 266 g/mol. The summed E-state index contributed by atoms with van der Waals surface area (Å²) in [4.78, 5) is 11.7. The average Bonchev–Trinajstić information content (AvgIpc) is 2.73. The third-order valence-corrected chi connectivity index (χ3v) is 3.90. The van der Waals surface area contributed by atoms with Crippen molar-refractivity contribution in [1.29, 1.82) is 0 Å². The summed E-state index contributed by atoms with van der Waals surface area (Å²) in [6, 6.07) is 7.94. The number of ether oxygens (including phenoxy) is 1. The third kappa shape index (κ3) is 3.37. The average molecular weight is 287 g/mol. The summed E-state index contributed by atoms with van der Waals surface area (Å²) in [5, 5.41) is 9.36. The minimum atomic E-state index is 0.166. The van der Waals surface area contributed by atoms with Gasteiger partial charge in [-0.3, -0.25) is 4.90 Å². The molecule has 0 spiro atoms. The van der Waals surface area contributed by atoms with Crippen LogP contribution in [-0.2, 0) is 11.3 Å². The summed E-state index contributed by atoms with van der Waals surface area (Å²) in [5.41, 5.74) is 3.85. The van der Waals surface area contributed by atoms with E-state index in [0.29, 0.717) is 13.2 Å². The number of rotatable bonds is 3. The Kier molecular flexibility index (Phi) is 4.43. The number of aryl methyl sites for hydroxylation is 1. The normalized spacial score (nSPS) is 20.6. The van der Waals surface area contributed by atoms with Crippen molar-refractivity contribution in [3.05, 3.63) is 35.7 Å². The highest BCUT2D eigenvalue weighted by molar-refractivity contribution is 5.74. The van der Waals surface area contributed by atoms with E-state index in [0.717, 1.165) is 42.1 Å². The second kappa shape index (κ2) is 6.47. The molecule has 1 atom stereocenters. The zero-order valence-electron chi connectivity index (χ0n) is 12.3. The summed E-state index contributed by atoms with van der Waals surface area (Å²) in [5.74, 6) is 0.182. The molecule has 5 nitrogen and oxygen atoms in total. The second-order valence-corrected chi connectivity index (χ2v) is 5.60. The first kappa shape index (κ1) is 14.4. The predicted octanol–water partition coefficient (Wildman–Crippen LogP) is 1.38. The lowest BCUT2D eigenvalue weighted by atomic mass is 10.1. The molecule has 112 valence electrons. The van der Waals surface area contributed by atoms with E-state index in [-0.39, 0.29) is 12.5 Å². The van der Waals surface area contributed by atoms with Gasteiger partial charge in [0.25, 0.3) is 0 Å². The molecule has 2 heterocycles. The number of para-hydroxylation sites is 2. The van der Waals surface area contributed by atoms with Gasteiger partial charge in [0.2, 0.25) is 0 Å². The van der Waals surface area contributed by atoms with Gasteiger partial charge < -0.3 is 9.84 Å². The van der Waals surface area contributed by atoms with Crippen LogP contribution in [0.1, 0.15) is 11.4 Å². The van der Waals surface area contributed by atoms with Crippen LogP contribution in [0.25, 0.3) is 11.0 Å². The number of aliphatic hydroxyl groups is 1. The minimum absolute atomic E-state index is 0.166. The molecule has 1 aromatic carbocycles. The van der Waals surface area contributed by atoms with Crippen LogP contribution in [0, 0.1) is 12.8 Å².